The molecule has 4 heterocycles. The number of aromatic hydroxyl groups is 1. The number of hydrogen-bond acceptors (Lipinski definition) is 4. The smallest absolute Gasteiger partial charge is 0.336 e. The highest BCUT2D eigenvalue weighted by molar-refractivity contribution is 5.94. The molecule has 1 amide bonds. The first kappa shape index (κ1) is 24.5. The average molecular weight is 534 g/mol. The van der Waals surface area contributed by atoms with Crippen LogP contribution in [0.3, 0.4) is 0 Å². The highest BCUT2D eigenvalue weighted by Gasteiger charge is 2.50. The maximum atomic E-state index is 14.1. The summed E-state index contributed by atoms with van der Waals surface area (Å²) in [5.74, 6) is -0.234. The molecule has 2 aliphatic rings. The molecule has 2 aliphatic heterocycles. The molecule has 3 aromatic carbocycles. The molecule has 0 saturated carbocycles. The van der Waals surface area contributed by atoms with Gasteiger partial charge in [0.15, 0.2) is 0 Å². The van der Waals surface area contributed by atoms with Crippen molar-refractivity contribution in [2.24, 2.45) is 0 Å². The maximum Gasteiger partial charge on any atom is 0.336 e. The van der Waals surface area contributed by atoms with Gasteiger partial charge in [-0.1, -0.05) is 87.5 Å². The third-order valence-corrected chi connectivity index (χ3v) is 8.27. The highest BCUT2D eigenvalue weighted by Crippen LogP contribution is 2.49. The number of amides is 1. The molecule has 5 aromatic rings. The number of carbonyl (C=O) groups excluding carboxylic acids is 1. The molecule has 40 heavy (non-hydrogen) atoms. The lowest BCUT2D eigenvalue weighted by atomic mass is 9.92. The van der Waals surface area contributed by atoms with E-state index >= 15 is 0 Å². The van der Waals surface area contributed by atoms with Crippen LogP contribution >= 0.6 is 0 Å². The largest absolute Gasteiger partial charge is 0.493 e. The van der Waals surface area contributed by atoms with Gasteiger partial charge in [-0.2, -0.15) is 5.10 Å². The minimum absolute atomic E-state index is 0.0977. The third-order valence-electron chi connectivity index (χ3n) is 8.27. The fraction of sp³-hybridized carbons (Fsp3) is 0.281. The first-order chi connectivity index (χ1) is 19.2. The number of benzene rings is 3. The van der Waals surface area contributed by atoms with Crippen molar-refractivity contribution in [1.82, 2.24) is 23.8 Å². The van der Waals surface area contributed by atoms with Gasteiger partial charge in [0.05, 0.1) is 30.0 Å². The van der Waals surface area contributed by atoms with Crippen LogP contribution in [0.5, 0.6) is 5.88 Å². The summed E-state index contributed by atoms with van der Waals surface area (Å²) in [5.41, 5.74) is 3.06. The van der Waals surface area contributed by atoms with E-state index in [1.807, 2.05) is 78.9 Å². The van der Waals surface area contributed by atoms with Crippen LogP contribution in [-0.4, -0.2) is 41.4 Å². The van der Waals surface area contributed by atoms with E-state index in [4.69, 9.17) is 5.10 Å². The van der Waals surface area contributed by atoms with E-state index < -0.39 is 0 Å². The lowest BCUT2D eigenvalue weighted by Crippen LogP contribution is -2.38. The zero-order chi connectivity index (χ0) is 27.8. The molecule has 1 fully saturated rings. The molecule has 2 bridgehead atoms. The number of fused-ring (bicyclic) bond motifs is 6. The predicted molar refractivity (Wildman–Crippen MR) is 153 cm³/mol. The Morgan fingerprint density at radius 2 is 1.73 bits per heavy atom. The van der Waals surface area contributed by atoms with Crippen molar-refractivity contribution in [2.75, 3.05) is 6.54 Å². The Hall–Kier alpha value is -4.59. The van der Waals surface area contributed by atoms with Crippen molar-refractivity contribution in [3.8, 4) is 11.6 Å². The second-order valence-electron chi connectivity index (χ2n) is 11.9. The van der Waals surface area contributed by atoms with Crippen LogP contribution in [0.2, 0.25) is 0 Å². The molecule has 1 N–H and O–H groups in total. The van der Waals surface area contributed by atoms with Crippen molar-refractivity contribution in [3.05, 3.63) is 112 Å². The number of likely N-dealkylation sites (tertiary alicyclic amines) is 1. The van der Waals surface area contributed by atoms with Crippen molar-refractivity contribution in [1.29, 1.82) is 0 Å². The van der Waals surface area contributed by atoms with Gasteiger partial charge in [0.1, 0.15) is 11.4 Å². The second kappa shape index (κ2) is 8.71. The van der Waals surface area contributed by atoms with Gasteiger partial charge in [-0.05, 0) is 29.5 Å². The maximum absolute atomic E-state index is 14.1. The van der Waals surface area contributed by atoms with Crippen LogP contribution in [0.25, 0.3) is 16.5 Å². The molecule has 8 nitrogen and oxygen atoms in total. The van der Waals surface area contributed by atoms with E-state index in [1.54, 1.807) is 14.1 Å². The quantitative estimate of drug-likeness (QED) is 0.345. The van der Waals surface area contributed by atoms with Crippen molar-refractivity contribution >= 4 is 16.7 Å². The lowest BCUT2D eigenvalue weighted by Gasteiger charge is -2.27. The van der Waals surface area contributed by atoms with Gasteiger partial charge in [0, 0.05) is 17.3 Å². The summed E-state index contributed by atoms with van der Waals surface area (Å²) in [6, 6.07) is 24.8. The first-order valence-electron chi connectivity index (χ1n) is 13.7. The van der Waals surface area contributed by atoms with E-state index in [1.165, 1.54) is 4.57 Å². The molecule has 0 radical (unpaired) electrons. The number of imidazole rings is 1. The topological polar surface area (TPSA) is 85.3 Å². The summed E-state index contributed by atoms with van der Waals surface area (Å²) in [5, 5.41) is 18.2. The van der Waals surface area contributed by atoms with Gasteiger partial charge >= 0.3 is 5.69 Å². The van der Waals surface area contributed by atoms with Crippen LogP contribution in [-0.2, 0) is 12.0 Å². The molecule has 8 heteroatoms. The number of carbonyl (C=O) groups is 1. The van der Waals surface area contributed by atoms with E-state index in [9.17, 15) is 14.7 Å². The summed E-state index contributed by atoms with van der Waals surface area (Å²) in [7, 11) is 0. The fourth-order valence-electron chi connectivity index (χ4n) is 6.27. The minimum atomic E-state index is -0.389. The van der Waals surface area contributed by atoms with Gasteiger partial charge in [-0.15, -0.1) is 0 Å². The molecular formula is C32H31N5O3. The Kier molecular flexibility index (Phi) is 5.32. The summed E-state index contributed by atoms with van der Waals surface area (Å²) >= 11 is 0. The van der Waals surface area contributed by atoms with E-state index in [2.05, 4.69) is 20.8 Å². The second-order valence-corrected chi connectivity index (χ2v) is 11.9. The summed E-state index contributed by atoms with van der Waals surface area (Å²) in [4.78, 5) is 29.6. The summed E-state index contributed by atoms with van der Waals surface area (Å²) < 4.78 is 4.87. The van der Waals surface area contributed by atoms with Crippen LogP contribution in [0.4, 0.5) is 0 Å². The summed E-state index contributed by atoms with van der Waals surface area (Å²) in [6.45, 7) is 7.15. The molecule has 2 atom stereocenters. The molecule has 7 rings (SSSR count). The van der Waals surface area contributed by atoms with E-state index in [-0.39, 0.29) is 35.0 Å². The minimum Gasteiger partial charge on any atom is -0.493 e. The van der Waals surface area contributed by atoms with E-state index in [0.29, 0.717) is 36.6 Å². The molecule has 2 aromatic heterocycles. The van der Waals surface area contributed by atoms with Gasteiger partial charge in [-0.25, -0.2) is 9.36 Å². The number of hydrogen-bond donors (Lipinski definition) is 1. The number of nitrogens with zero attached hydrogens (tertiary/aromatic N) is 5. The molecular weight excluding hydrogens is 502 g/mol. The molecule has 0 spiro atoms. The highest BCUT2D eigenvalue weighted by atomic mass is 16.3. The van der Waals surface area contributed by atoms with Crippen molar-refractivity contribution < 1.29 is 9.90 Å². The Morgan fingerprint density at radius 3 is 2.50 bits per heavy atom. The zero-order valence-corrected chi connectivity index (χ0v) is 22.8. The molecule has 1 saturated heterocycles. The predicted octanol–water partition coefficient (Wildman–Crippen LogP) is 5.18. The van der Waals surface area contributed by atoms with Crippen LogP contribution in [0.15, 0.2) is 83.7 Å². The van der Waals surface area contributed by atoms with Crippen LogP contribution in [0, 0.1) is 0 Å². The van der Waals surface area contributed by atoms with Gasteiger partial charge < -0.3 is 10.0 Å². The Bertz CT molecular complexity index is 1830. The normalized spacial score (nSPS) is 18.0. The Labute approximate surface area is 231 Å². The SMILES string of the molecule is CC(C)(C)c1cc(C(=O)N2C[C@H]3CC2c2c(O)n(-c4cccc5ccccc45)c(=O)n23)n(Cc2ccccc2)n1. The number of rotatable bonds is 4. The fourth-order valence-corrected chi connectivity index (χ4v) is 6.27. The van der Waals surface area contributed by atoms with Crippen molar-refractivity contribution in [3.63, 3.8) is 0 Å². The van der Waals surface area contributed by atoms with Gasteiger partial charge in [0.2, 0.25) is 5.88 Å². The Balaban J connectivity index is 1.29. The Morgan fingerprint density at radius 1 is 1.00 bits per heavy atom. The van der Waals surface area contributed by atoms with Crippen molar-refractivity contribution in [2.45, 2.75) is 51.2 Å². The zero-order valence-electron chi connectivity index (χ0n) is 22.8. The molecule has 1 unspecified atom stereocenters. The lowest BCUT2D eigenvalue weighted by molar-refractivity contribution is 0.0699. The van der Waals surface area contributed by atoms with Gasteiger partial charge in [0.25, 0.3) is 5.91 Å². The third kappa shape index (κ3) is 3.62. The van der Waals surface area contributed by atoms with Crippen LogP contribution < -0.4 is 5.69 Å². The monoisotopic (exact) mass is 533 g/mol. The first-order valence-corrected chi connectivity index (χ1v) is 13.7. The number of aromatic nitrogens is 4. The molecule has 0 aliphatic carbocycles. The average Bonchev–Trinajstić information content (AvgIpc) is 3.71. The molecule has 202 valence electrons. The van der Waals surface area contributed by atoms with Gasteiger partial charge in [-0.3, -0.25) is 14.0 Å². The summed E-state index contributed by atoms with van der Waals surface area (Å²) in [6.07, 6.45) is 0.610. The standard InChI is InChI=1S/C32H31N5O3/c1-32(2,3)27-17-26(35(33-27)18-20-10-5-4-6-11-20)29(38)34-19-22-16-25(34)28-30(39)37(31(40)36(22)28)24-15-9-13-21-12-7-8-14-23(21)24/h4-15,17,22,25,39H,16,18-19H2,1-3H3/t22-,25?/m1/s1. The van der Waals surface area contributed by atoms with Crippen LogP contribution in [0.1, 0.15) is 66.7 Å². The van der Waals surface area contributed by atoms with E-state index in [0.717, 1.165) is 22.0 Å².